The van der Waals surface area contributed by atoms with Gasteiger partial charge in [-0.3, -0.25) is 0 Å². The highest BCUT2D eigenvalue weighted by molar-refractivity contribution is 5.49. The minimum absolute atomic E-state index is 0.669. The molecule has 1 fully saturated rings. The summed E-state index contributed by atoms with van der Waals surface area (Å²) < 4.78 is 5.88. The molecule has 0 bridgehead atoms. The molecule has 0 radical (unpaired) electrons. The SMILES string of the molecule is COc1c(C2CCN(CCCCN)CC2)ccc2c1CCCC2. The van der Waals surface area contributed by atoms with E-state index in [1.165, 1.54) is 87.0 Å². The Morgan fingerprint density at radius 2 is 1.91 bits per heavy atom. The quantitative estimate of drug-likeness (QED) is 0.817. The first-order chi connectivity index (χ1) is 11.3. The van der Waals surface area contributed by atoms with Crippen LogP contribution in [0.3, 0.4) is 0 Å². The van der Waals surface area contributed by atoms with Crippen molar-refractivity contribution in [2.24, 2.45) is 5.73 Å². The van der Waals surface area contributed by atoms with E-state index in [4.69, 9.17) is 10.5 Å². The van der Waals surface area contributed by atoms with E-state index in [0.29, 0.717) is 5.92 Å². The van der Waals surface area contributed by atoms with Gasteiger partial charge in [0, 0.05) is 0 Å². The van der Waals surface area contributed by atoms with E-state index in [9.17, 15) is 0 Å². The summed E-state index contributed by atoms with van der Waals surface area (Å²) >= 11 is 0. The summed E-state index contributed by atoms with van der Waals surface area (Å²) in [5.74, 6) is 1.88. The summed E-state index contributed by atoms with van der Waals surface area (Å²) in [4.78, 5) is 2.61. The van der Waals surface area contributed by atoms with E-state index in [0.717, 1.165) is 13.0 Å². The number of likely N-dealkylation sites (tertiary alicyclic amines) is 1. The van der Waals surface area contributed by atoms with E-state index in [1.807, 2.05) is 7.11 Å². The van der Waals surface area contributed by atoms with Crippen LogP contribution < -0.4 is 10.5 Å². The number of piperidine rings is 1. The van der Waals surface area contributed by atoms with Gasteiger partial charge in [0.05, 0.1) is 7.11 Å². The van der Waals surface area contributed by atoms with Crippen molar-refractivity contribution in [2.75, 3.05) is 33.3 Å². The number of rotatable bonds is 6. The lowest BCUT2D eigenvalue weighted by atomic mass is 9.83. The minimum Gasteiger partial charge on any atom is -0.496 e. The van der Waals surface area contributed by atoms with Gasteiger partial charge < -0.3 is 15.4 Å². The van der Waals surface area contributed by atoms with Gasteiger partial charge in [0.25, 0.3) is 0 Å². The second-order valence-electron chi connectivity index (χ2n) is 7.14. The third-order valence-corrected chi connectivity index (χ3v) is 5.67. The molecular weight excluding hydrogens is 284 g/mol. The fraction of sp³-hybridized carbons (Fsp3) is 0.700. The van der Waals surface area contributed by atoms with Crippen LogP contribution in [-0.2, 0) is 12.8 Å². The molecule has 1 aliphatic carbocycles. The minimum atomic E-state index is 0.669. The lowest BCUT2D eigenvalue weighted by Crippen LogP contribution is -2.34. The topological polar surface area (TPSA) is 38.5 Å². The maximum atomic E-state index is 5.88. The number of hydrogen-bond donors (Lipinski definition) is 1. The number of nitrogens with two attached hydrogens (primary N) is 1. The number of unbranched alkanes of at least 4 members (excludes halogenated alkanes) is 1. The Balaban J connectivity index is 1.66. The number of benzene rings is 1. The number of hydrogen-bond acceptors (Lipinski definition) is 3. The van der Waals surface area contributed by atoms with Crippen LogP contribution in [-0.4, -0.2) is 38.2 Å². The van der Waals surface area contributed by atoms with Crippen molar-refractivity contribution in [3.63, 3.8) is 0 Å². The smallest absolute Gasteiger partial charge is 0.125 e. The average molecular weight is 316 g/mol. The predicted molar refractivity (Wildman–Crippen MR) is 96.3 cm³/mol. The zero-order chi connectivity index (χ0) is 16.1. The molecule has 1 saturated heterocycles. The Bertz CT molecular complexity index is 507. The highest BCUT2D eigenvalue weighted by Gasteiger charge is 2.25. The number of methoxy groups -OCH3 is 1. The zero-order valence-electron chi connectivity index (χ0n) is 14.7. The normalized spacial score (nSPS) is 19.6. The van der Waals surface area contributed by atoms with Crippen LogP contribution >= 0.6 is 0 Å². The molecule has 0 unspecified atom stereocenters. The molecule has 0 spiro atoms. The second-order valence-corrected chi connectivity index (χ2v) is 7.14. The Labute approximate surface area is 141 Å². The lowest BCUT2D eigenvalue weighted by Gasteiger charge is -2.33. The van der Waals surface area contributed by atoms with Gasteiger partial charge in [-0.25, -0.2) is 0 Å². The number of ether oxygens (including phenoxy) is 1. The Morgan fingerprint density at radius 3 is 2.65 bits per heavy atom. The van der Waals surface area contributed by atoms with Crippen LogP contribution in [0, 0.1) is 0 Å². The molecule has 2 aliphatic rings. The van der Waals surface area contributed by atoms with Gasteiger partial charge in [-0.05, 0) is 100 Å². The summed E-state index contributed by atoms with van der Waals surface area (Å²) in [6.07, 6.45) is 9.98. The van der Waals surface area contributed by atoms with E-state index in [-0.39, 0.29) is 0 Å². The van der Waals surface area contributed by atoms with Crippen molar-refractivity contribution in [1.29, 1.82) is 0 Å². The standard InChI is InChI=1S/C20H32N2O/c1-23-20-18-7-3-2-6-16(18)8-9-19(20)17-10-14-22(15-11-17)13-5-4-12-21/h8-9,17H,2-7,10-15,21H2,1H3. The molecule has 1 heterocycles. The first-order valence-electron chi connectivity index (χ1n) is 9.44. The van der Waals surface area contributed by atoms with Crippen molar-refractivity contribution in [2.45, 2.75) is 57.3 Å². The van der Waals surface area contributed by atoms with Crippen LogP contribution in [0.15, 0.2) is 12.1 Å². The van der Waals surface area contributed by atoms with Gasteiger partial charge >= 0.3 is 0 Å². The third kappa shape index (κ3) is 3.89. The largest absolute Gasteiger partial charge is 0.496 e. The summed E-state index contributed by atoms with van der Waals surface area (Å²) in [7, 11) is 1.86. The first kappa shape index (κ1) is 16.8. The monoisotopic (exact) mass is 316 g/mol. The number of nitrogens with zero attached hydrogens (tertiary/aromatic N) is 1. The highest BCUT2D eigenvalue weighted by Crippen LogP contribution is 2.40. The second kappa shape index (κ2) is 8.16. The summed E-state index contributed by atoms with van der Waals surface area (Å²) in [5.41, 5.74) is 10.1. The number of fused-ring (bicyclic) bond motifs is 1. The molecule has 23 heavy (non-hydrogen) atoms. The maximum Gasteiger partial charge on any atom is 0.125 e. The average Bonchev–Trinajstić information content (AvgIpc) is 2.61. The van der Waals surface area contributed by atoms with Crippen molar-refractivity contribution >= 4 is 0 Å². The summed E-state index contributed by atoms with van der Waals surface area (Å²) in [6.45, 7) is 4.47. The van der Waals surface area contributed by atoms with Gasteiger partial charge in [0.1, 0.15) is 5.75 Å². The Hall–Kier alpha value is -1.06. The van der Waals surface area contributed by atoms with E-state index < -0.39 is 0 Å². The van der Waals surface area contributed by atoms with Gasteiger partial charge in [-0.1, -0.05) is 12.1 Å². The first-order valence-corrected chi connectivity index (χ1v) is 9.44. The van der Waals surface area contributed by atoms with Crippen LogP contribution in [0.5, 0.6) is 5.75 Å². The molecule has 3 nitrogen and oxygen atoms in total. The molecular formula is C20H32N2O. The molecule has 128 valence electrons. The van der Waals surface area contributed by atoms with E-state index >= 15 is 0 Å². The van der Waals surface area contributed by atoms with Crippen LogP contribution in [0.2, 0.25) is 0 Å². The van der Waals surface area contributed by atoms with Crippen molar-refractivity contribution in [3.8, 4) is 5.75 Å². The van der Waals surface area contributed by atoms with E-state index in [1.54, 1.807) is 0 Å². The predicted octanol–water partition coefficient (Wildman–Crippen LogP) is 3.49. The third-order valence-electron chi connectivity index (χ3n) is 5.67. The molecule has 0 saturated carbocycles. The van der Waals surface area contributed by atoms with Gasteiger partial charge in [0.2, 0.25) is 0 Å². The fourth-order valence-electron chi connectivity index (χ4n) is 4.32. The van der Waals surface area contributed by atoms with Crippen LogP contribution in [0.25, 0.3) is 0 Å². The van der Waals surface area contributed by atoms with Gasteiger partial charge in [-0.2, -0.15) is 0 Å². The molecule has 3 rings (SSSR count). The molecule has 1 aliphatic heterocycles. The Morgan fingerprint density at radius 1 is 1.13 bits per heavy atom. The van der Waals surface area contributed by atoms with Gasteiger partial charge in [0.15, 0.2) is 0 Å². The van der Waals surface area contributed by atoms with Crippen LogP contribution in [0.4, 0.5) is 0 Å². The molecule has 1 aromatic rings. The van der Waals surface area contributed by atoms with Crippen molar-refractivity contribution < 1.29 is 4.74 Å². The Kier molecular flexibility index (Phi) is 5.96. The molecule has 1 aromatic carbocycles. The molecule has 0 atom stereocenters. The molecule has 0 aromatic heterocycles. The number of aryl methyl sites for hydroxylation is 1. The summed E-state index contributed by atoms with van der Waals surface area (Å²) in [5, 5.41) is 0. The van der Waals surface area contributed by atoms with E-state index in [2.05, 4.69) is 17.0 Å². The van der Waals surface area contributed by atoms with Gasteiger partial charge in [-0.15, -0.1) is 0 Å². The van der Waals surface area contributed by atoms with Crippen molar-refractivity contribution in [1.82, 2.24) is 4.90 Å². The lowest BCUT2D eigenvalue weighted by molar-refractivity contribution is 0.207. The fourth-order valence-corrected chi connectivity index (χ4v) is 4.32. The summed E-state index contributed by atoms with van der Waals surface area (Å²) in [6, 6.07) is 4.73. The van der Waals surface area contributed by atoms with Crippen molar-refractivity contribution in [3.05, 3.63) is 28.8 Å². The molecule has 0 amide bonds. The van der Waals surface area contributed by atoms with Crippen LogP contribution in [0.1, 0.15) is 61.1 Å². The maximum absolute atomic E-state index is 5.88. The molecule has 2 N–H and O–H groups in total. The molecule has 3 heteroatoms. The highest BCUT2D eigenvalue weighted by atomic mass is 16.5. The zero-order valence-corrected chi connectivity index (χ0v) is 14.7.